The summed E-state index contributed by atoms with van der Waals surface area (Å²) in [6, 6.07) is 11.2. The molecule has 2 aromatic rings. The molecule has 1 aromatic carbocycles. The Hall–Kier alpha value is -1.41. The van der Waals surface area contributed by atoms with Gasteiger partial charge < -0.3 is 5.32 Å². The number of nitrogens with one attached hydrogen (secondary N) is 1. The van der Waals surface area contributed by atoms with Gasteiger partial charge in [-0.05, 0) is 36.6 Å². The quantitative estimate of drug-likeness (QED) is 0.788. The number of rotatable bonds is 7. The molecule has 0 saturated carbocycles. The summed E-state index contributed by atoms with van der Waals surface area (Å²) < 4.78 is 0. The molecule has 0 saturated heterocycles. The van der Waals surface area contributed by atoms with Crippen molar-refractivity contribution in [2.45, 2.75) is 46.1 Å². The van der Waals surface area contributed by atoms with Crippen LogP contribution in [0, 0.1) is 5.92 Å². The first-order chi connectivity index (χ1) is 9.81. The molecule has 2 nitrogen and oxygen atoms in total. The molecule has 108 valence electrons. The fraction of sp³-hybridized carbons (Fsp3) is 0.500. The minimum absolute atomic E-state index is 0.429. The Kier molecular flexibility index (Phi) is 5.54. The van der Waals surface area contributed by atoms with Crippen molar-refractivity contribution >= 4 is 10.9 Å². The normalized spacial score (nSPS) is 13.0. The molecule has 0 fully saturated rings. The van der Waals surface area contributed by atoms with E-state index in [2.05, 4.69) is 55.3 Å². The maximum Gasteiger partial charge on any atom is 0.0705 e. The van der Waals surface area contributed by atoms with Crippen molar-refractivity contribution in [3.63, 3.8) is 0 Å². The van der Waals surface area contributed by atoms with Gasteiger partial charge in [0.1, 0.15) is 0 Å². The van der Waals surface area contributed by atoms with Crippen LogP contribution >= 0.6 is 0 Å². The summed E-state index contributed by atoms with van der Waals surface area (Å²) in [5.41, 5.74) is 2.50. The van der Waals surface area contributed by atoms with Crippen molar-refractivity contribution in [2.75, 3.05) is 6.54 Å². The molecule has 1 unspecified atom stereocenters. The van der Waals surface area contributed by atoms with Gasteiger partial charge in [0, 0.05) is 17.6 Å². The number of nitrogens with zero attached hydrogens (tertiary/aromatic N) is 1. The number of benzene rings is 1. The first kappa shape index (κ1) is 15.0. The summed E-state index contributed by atoms with van der Waals surface area (Å²) in [7, 11) is 0. The van der Waals surface area contributed by atoms with Gasteiger partial charge in [0.25, 0.3) is 0 Å². The monoisotopic (exact) mass is 270 g/mol. The number of pyridine rings is 1. The topological polar surface area (TPSA) is 24.9 Å². The van der Waals surface area contributed by atoms with Gasteiger partial charge in [-0.15, -0.1) is 0 Å². The van der Waals surface area contributed by atoms with Gasteiger partial charge in [-0.25, -0.2) is 0 Å². The van der Waals surface area contributed by atoms with Crippen LogP contribution in [-0.4, -0.2) is 11.5 Å². The zero-order valence-electron chi connectivity index (χ0n) is 12.9. The number of hydrogen-bond acceptors (Lipinski definition) is 2. The molecule has 0 radical (unpaired) electrons. The predicted molar refractivity (Wildman–Crippen MR) is 86.8 cm³/mol. The Morgan fingerprint density at radius 1 is 1.05 bits per heavy atom. The van der Waals surface area contributed by atoms with Gasteiger partial charge >= 0.3 is 0 Å². The number of aromatic nitrogens is 1. The van der Waals surface area contributed by atoms with Crippen LogP contribution < -0.4 is 5.32 Å². The van der Waals surface area contributed by atoms with E-state index in [1.54, 1.807) is 0 Å². The van der Waals surface area contributed by atoms with E-state index < -0.39 is 0 Å². The third-order valence-corrected chi connectivity index (χ3v) is 4.15. The van der Waals surface area contributed by atoms with E-state index in [-0.39, 0.29) is 0 Å². The molecule has 1 heterocycles. The molecule has 2 rings (SSSR count). The molecule has 1 aromatic heterocycles. The molecule has 0 aliphatic carbocycles. The molecule has 0 aliphatic heterocycles. The molecule has 0 aliphatic rings. The van der Waals surface area contributed by atoms with Crippen LogP contribution in [0.2, 0.25) is 0 Å². The zero-order chi connectivity index (χ0) is 14.4. The highest BCUT2D eigenvalue weighted by atomic mass is 14.9. The van der Waals surface area contributed by atoms with E-state index >= 15 is 0 Å². The molecule has 1 atom stereocenters. The van der Waals surface area contributed by atoms with Crippen molar-refractivity contribution in [1.82, 2.24) is 10.3 Å². The second-order valence-electron chi connectivity index (χ2n) is 5.43. The van der Waals surface area contributed by atoms with Crippen LogP contribution in [-0.2, 0) is 0 Å². The molecular formula is C18H26N2. The van der Waals surface area contributed by atoms with Gasteiger partial charge in [-0.2, -0.15) is 0 Å². The van der Waals surface area contributed by atoms with Gasteiger partial charge in [0.05, 0.1) is 5.52 Å². The number of fused-ring (bicyclic) bond motifs is 1. The van der Waals surface area contributed by atoms with Crippen molar-refractivity contribution < 1.29 is 0 Å². The van der Waals surface area contributed by atoms with E-state index in [0.29, 0.717) is 12.0 Å². The van der Waals surface area contributed by atoms with E-state index in [9.17, 15) is 0 Å². The second-order valence-corrected chi connectivity index (χ2v) is 5.43. The van der Waals surface area contributed by atoms with E-state index in [0.717, 1.165) is 12.1 Å². The standard InChI is InChI=1S/C18H26N2/c1-4-12-20-18(14(5-2)6-3)16-9-7-11-17-15(16)10-8-13-19-17/h7-11,13-14,18,20H,4-6,12H2,1-3H3. The lowest BCUT2D eigenvalue weighted by molar-refractivity contribution is 0.343. The van der Waals surface area contributed by atoms with Crippen LogP contribution in [0.1, 0.15) is 51.6 Å². The van der Waals surface area contributed by atoms with Crippen molar-refractivity contribution in [3.8, 4) is 0 Å². The van der Waals surface area contributed by atoms with E-state index in [4.69, 9.17) is 0 Å². The van der Waals surface area contributed by atoms with Crippen molar-refractivity contribution in [1.29, 1.82) is 0 Å². The smallest absolute Gasteiger partial charge is 0.0705 e. The molecule has 2 heteroatoms. The fourth-order valence-corrected chi connectivity index (χ4v) is 2.99. The lowest BCUT2D eigenvalue weighted by Crippen LogP contribution is -2.28. The molecule has 0 bridgehead atoms. The molecule has 20 heavy (non-hydrogen) atoms. The van der Waals surface area contributed by atoms with E-state index in [1.807, 2.05) is 12.3 Å². The van der Waals surface area contributed by atoms with Gasteiger partial charge in [0.15, 0.2) is 0 Å². The SMILES string of the molecule is CCCNC(c1cccc2ncccc12)C(CC)CC. The summed E-state index contributed by atoms with van der Waals surface area (Å²) >= 11 is 0. The lowest BCUT2D eigenvalue weighted by Gasteiger charge is -2.28. The minimum atomic E-state index is 0.429. The Morgan fingerprint density at radius 3 is 2.55 bits per heavy atom. The highest BCUT2D eigenvalue weighted by Crippen LogP contribution is 2.31. The van der Waals surface area contributed by atoms with Gasteiger partial charge in [-0.3, -0.25) is 4.98 Å². The first-order valence-electron chi connectivity index (χ1n) is 7.88. The summed E-state index contributed by atoms with van der Waals surface area (Å²) in [6.07, 6.45) is 5.44. The Bertz CT molecular complexity index is 526. The van der Waals surface area contributed by atoms with Crippen molar-refractivity contribution in [2.24, 2.45) is 5.92 Å². The molecule has 0 amide bonds. The van der Waals surface area contributed by atoms with Crippen molar-refractivity contribution in [3.05, 3.63) is 42.1 Å². The van der Waals surface area contributed by atoms with Gasteiger partial charge in [0.2, 0.25) is 0 Å². The van der Waals surface area contributed by atoms with Crippen LogP contribution in [0.3, 0.4) is 0 Å². The zero-order valence-corrected chi connectivity index (χ0v) is 12.9. The highest BCUT2D eigenvalue weighted by molar-refractivity contribution is 5.82. The Labute approximate surface area is 122 Å². The van der Waals surface area contributed by atoms with Crippen LogP contribution in [0.4, 0.5) is 0 Å². The third kappa shape index (κ3) is 3.18. The minimum Gasteiger partial charge on any atom is -0.310 e. The largest absolute Gasteiger partial charge is 0.310 e. The predicted octanol–water partition coefficient (Wildman–Crippen LogP) is 4.71. The summed E-state index contributed by atoms with van der Waals surface area (Å²) in [5, 5.41) is 5.04. The second kappa shape index (κ2) is 7.39. The fourth-order valence-electron chi connectivity index (χ4n) is 2.99. The lowest BCUT2D eigenvalue weighted by atomic mass is 9.87. The molecule has 1 N–H and O–H groups in total. The molecular weight excluding hydrogens is 244 g/mol. The third-order valence-electron chi connectivity index (χ3n) is 4.15. The summed E-state index contributed by atoms with van der Waals surface area (Å²) in [5.74, 6) is 0.673. The Morgan fingerprint density at radius 2 is 1.85 bits per heavy atom. The van der Waals surface area contributed by atoms with E-state index in [1.165, 1.54) is 30.2 Å². The average molecular weight is 270 g/mol. The first-order valence-corrected chi connectivity index (χ1v) is 7.88. The maximum atomic E-state index is 4.49. The highest BCUT2D eigenvalue weighted by Gasteiger charge is 2.21. The van der Waals surface area contributed by atoms with Gasteiger partial charge in [-0.1, -0.05) is 51.8 Å². The summed E-state index contributed by atoms with van der Waals surface area (Å²) in [4.78, 5) is 4.49. The summed E-state index contributed by atoms with van der Waals surface area (Å²) in [6.45, 7) is 7.87. The number of hydrogen-bond donors (Lipinski definition) is 1. The van der Waals surface area contributed by atoms with Crippen LogP contribution in [0.5, 0.6) is 0 Å². The molecule has 0 spiro atoms. The van der Waals surface area contributed by atoms with Crippen LogP contribution in [0.25, 0.3) is 10.9 Å². The maximum absolute atomic E-state index is 4.49. The Balaban J connectivity index is 2.44. The average Bonchev–Trinajstić information content (AvgIpc) is 2.51. The van der Waals surface area contributed by atoms with Crippen LogP contribution in [0.15, 0.2) is 36.5 Å².